The first-order valence-electron chi connectivity index (χ1n) is 15.1. The van der Waals surface area contributed by atoms with Crippen LogP contribution in [-0.2, 0) is 25.7 Å². The number of amides is 2. The second-order valence-electron chi connectivity index (χ2n) is 11.9. The highest BCUT2D eigenvalue weighted by Crippen LogP contribution is 2.41. The van der Waals surface area contributed by atoms with Gasteiger partial charge in [-0.25, -0.2) is 4.79 Å². The van der Waals surface area contributed by atoms with Gasteiger partial charge < -0.3 is 14.5 Å². The number of thiocarbonyl (C=S) groups is 1. The molecule has 0 radical (unpaired) electrons. The Kier molecular flexibility index (Phi) is 8.89. The second kappa shape index (κ2) is 12.4. The van der Waals surface area contributed by atoms with Gasteiger partial charge in [-0.2, -0.15) is 0 Å². The number of esters is 1. The number of hydrogen-bond acceptors (Lipinski definition) is 5. The molecule has 4 fully saturated rings. The van der Waals surface area contributed by atoms with Crippen LogP contribution in [0.4, 0.5) is 0 Å². The number of carbonyl (C=O) groups is 3. The van der Waals surface area contributed by atoms with Crippen molar-refractivity contribution in [2.24, 2.45) is 5.92 Å². The molecule has 2 aliphatic heterocycles. The lowest BCUT2D eigenvalue weighted by atomic mass is 9.84. The van der Waals surface area contributed by atoms with E-state index in [1.807, 2.05) is 52.0 Å². The molecule has 5 atom stereocenters. The van der Waals surface area contributed by atoms with Gasteiger partial charge in [0.25, 0.3) is 5.91 Å². The van der Waals surface area contributed by atoms with Crippen LogP contribution in [0.25, 0.3) is 0 Å². The van der Waals surface area contributed by atoms with Crippen LogP contribution >= 0.6 is 12.2 Å². The quantitative estimate of drug-likeness (QED) is 0.325. The predicted octanol–water partition coefficient (Wildman–Crippen LogP) is 5.21. The number of hydrogen-bond donors (Lipinski definition) is 0. The molecule has 2 saturated carbocycles. The molecular formula is C31H43N3O4S. The third kappa shape index (κ3) is 5.59. The topological polar surface area (TPSA) is 70.2 Å². The van der Waals surface area contributed by atoms with Crippen molar-refractivity contribution in [2.75, 3.05) is 0 Å². The van der Waals surface area contributed by atoms with E-state index in [0.717, 1.165) is 63.4 Å². The summed E-state index contributed by atoms with van der Waals surface area (Å²) in [7, 11) is 0. The van der Waals surface area contributed by atoms with E-state index in [-0.39, 0.29) is 36.5 Å². The number of benzene rings is 1. The van der Waals surface area contributed by atoms with Gasteiger partial charge in [0.2, 0.25) is 5.91 Å². The first-order chi connectivity index (χ1) is 18.9. The maximum atomic E-state index is 14.3. The summed E-state index contributed by atoms with van der Waals surface area (Å²) in [6, 6.07) is 8.19. The molecule has 212 valence electrons. The third-order valence-electron chi connectivity index (χ3n) is 9.40. The molecule has 2 saturated heterocycles. The summed E-state index contributed by atoms with van der Waals surface area (Å²) in [5.41, 5.74) is 0.929. The highest BCUT2D eigenvalue weighted by molar-refractivity contribution is 7.80. The number of fused-ring (bicyclic) bond motifs is 1. The van der Waals surface area contributed by atoms with Crippen molar-refractivity contribution in [3.05, 3.63) is 35.9 Å². The van der Waals surface area contributed by atoms with Crippen LogP contribution in [0.5, 0.6) is 0 Å². The average molecular weight is 554 g/mol. The lowest BCUT2D eigenvalue weighted by Gasteiger charge is -2.38. The van der Waals surface area contributed by atoms with E-state index in [0.29, 0.717) is 23.9 Å². The highest BCUT2D eigenvalue weighted by Gasteiger charge is 2.53. The second-order valence-corrected chi connectivity index (χ2v) is 12.2. The van der Waals surface area contributed by atoms with Gasteiger partial charge >= 0.3 is 5.97 Å². The molecular weight excluding hydrogens is 510 g/mol. The fourth-order valence-electron chi connectivity index (χ4n) is 7.43. The maximum absolute atomic E-state index is 14.3. The van der Waals surface area contributed by atoms with Gasteiger partial charge in [-0.3, -0.25) is 14.5 Å². The van der Waals surface area contributed by atoms with E-state index in [1.54, 1.807) is 0 Å². The van der Waals surface area contributed by atoms with E-state index in [4.69, 9.17) is 17.0 Å². The van der Waals surface area contributed by atoms with E-state index >= 15 is 0 Å². The number of rotatable bonds is 8. The number of carbonyl (C=O) groups excluding carboxylic acids is 3. The maximum Gasteiger partial charge on any atom is 0.329 e. The van der Waals surface area contributed by atoms with Gasteiger partial charge in [0.1, 0.15) is 24.7 Å². The van der Waals surface area contributed by atoms with Crippen LogP contribution in [0.15, 0.2) is 30.3 Å². The molecule has 39 heavy (non-hydrogen) atoms. The van der Waals surface area contributed by atoms with E-state index in [1.165, 1.54) is 6.42 Å². The van der Waals surface area contributed by atoms with Crippen LogP contribution in [0, 0.1) is 5.92 Å². The Bertz CT molecular complexity index is 1060. The number of likely N-dealkylation sites (tertiary alicyclic amines) is 1. The third-order valence-corrected chi connectivity index (χ3v) is 9.81. The largest absolute Gasteiger partial charge is 0.459 e. The summed E-state index contributed by atoms with van der Waals surface area (Å²) < 4.78 is 5.76. The zero-order valence-corrected chi connectivity index (χ0v) is 24.2. The monoisotopic (exact) mass is 553 g/mol. The standard InChI is InChI=1S/C31H43N3O4S/c1-3-12-26-29(36)33(24-16-8-5-9-17-24)31(39)32(26)21(2)28(35)34-25-18-11-10-15-23(25)19-27(34)30(37)38-20-22-13-6-4-7-14-22/h4,6-7,13-14,21,23-27H,3,5,8-12,15-20H2,1-2H3/t21-,23-,25-,26-,27+/m0/s1. The van der Waals surface area contributed by atoms with Crippen molar-refractivity contribution in [1.82, 2.24) is 14.7 Å². The van der Waals surface area contributed by atoms with Gasteiger partial charge in [0, 0.05) is 12.1 Å². The predicted molar refractivity (Wildman–Crippen MR) is 154 cm³/mol. The minimum absolute atomic E-state index is 0.0360. The van der Waals surface area contributed by atoms with Gasteiger partial charge in [-0.05, 0) is 69.1 Å². The Hall–Kier alpha value is -2.48. The fraction of sp³-hybridized carbons (Fsp3) is 0.677. The molecule has 0 N–H and O–H groups in total. The van der Waals surface area contributed by atoms with Crippen molar-refractivity contribution in [2.45, 2.75) is 128 Å². The van der Waals surface area contributed by atoms with Crippen LogP contribution in [0.1, 0.15) is 96.5 Å². The summed E-state index contributed by atoms with van der Waals surface area (Å²) in [6.07, 6.45) is 11.6. The average Bonchev–Trinajstić information content (AvgIpc) is 3.47. The van der Waals surface area contributed by atoms with Crippen molar-refractivity contribution < 1.29 is 19.1 Å². The minimum Gasteiger partial charge on any atom is -0.459 e. The summed E-state index contributed by atoms with van der Waals surface area (Å²) in [4.78, 5) is 47.0. The minimum atomic E-state index is -0.614. The van der Waals surface area contributed by atoms with Gasteiger partial charge in [-0.1, -0.05) is 75.8 Å². The zero-order chi connectivity index (χ0) is 27.5. The summed E-state index contributed by atoms with van der Waals surface area (Å²) in [6.45, 7) is 4.14. The molecule has 1 aromatic rings. The van der Waals surface area contributed by atoms with Gasteiger partial charge in [-0.15, -0.1) is 0 Å². The highest BCUT2D eigenvalue weighted by atomic mass is 32.1. The van der Waals surface area contributed by atoms with Crippen LogP contribution in [0.3, 0.4) is 0 Å². The summed E-state index contributed by atoms with van der Waals surface area (Å²) in [5.74, 6) is -0.0821. The fourth-order valence-corrected chi connectivity index (χ4v) is 7.95. The molecule has 5 rings (SSSR count). The molecule has 2 heterocycles. The lowest BCUT2D eigenvalue weighted by Crippen LogP contribution is -2.56. The number of ether oxygens (including phenoxy) is 1. The Morgan fingerprint density at radius 1 is 1.03 bits per heavy atom. The zero-order valence-electron chi connectivity index (χ0n) is 23.4. The summed E-state index contributed by atoms with van der Waals surface area (Å²) >= 11 is 5.94. The van der Waals surface area contributed by atoms with E-state index in [2.05, 4.69) is 6.92 Å². The molecule has 2 aliphatic carbocycles. The van der Waals surface area contributed by atoms with Crippen LogP contribution < -0.4 is 0 Å². The normalized spacial score (nSPS) is 28.5. The Labute approximate surface area is 238 Å². The van der Waals surface area contributed by atoms with Gasteiger partial charge in [0.15, 0.2) is 5.11 Å². The Morgan fingerprint density at radius 3 is 2.44 bits per heavy atom. The van der Waals surface area contributed by atoms with Crippen molar-refractivity contribution in [1.29, 1.82) is 0 Å². The SMILES string of the molecule is CCC[C@H]1C(=O)N(C2CCCCC2)C(=S)N1[C@@H](C)C(=O)N1[C@@H](C(=O)OCc2ccccc2)C[C@@H]2CCCC[C@@H]21. The van der Waals surface area contributed by atoms with E-state index in [9.17, 15) is 14.4 Å². The van der Waals surface area contributed by atoms with Gasteiger partial charge in [0.05, 0.1) is 0 Å². The molecule has 7 nitrogen and oxygen atoms in total. The molecule has 0 unspecified atom stereocenters. The molecule has 1 aromatic carbocycles. The van der Waals surface area contributed by atoms with Crippen LogP contribution in [-0.4, -0.2) is 67.8 Å². The molecule has 0 aromatic heterocycles. The molecule has 0 spiro atoms. The number of nitrogens with zero attached hydrogens (tertiary/aromatic N) is 3. The molecule has 8 heteroatoms. The molecule has 0 bridgehead atoms. The Morgan fingerprint density at radius 2 is 1.72 bits per heavy atom. The molecule has 4 aliphatic rings. The smallest absolute Gasteiger partial charge is 0.329 e. The van der Waals surface area contributed by atoms with E-state index < -0.39 is 18.1 Å². The summed E-state index contributed by atoms with van der Waals surface area (Å²) in [5, 5.41) is 0.494. The van der Waals surface area contributed by atoms with Crippen molar-refractivity contribution >= 4 is 35.1 Å². The van der Waals surface area contributed by atoms with Crippen molar-refractivity contribution in [3.8, 4) is 0 Å². The molecule has 2 amide bonds. The van der Waals surface area contributed by atoms with Crippen molar-refractivity contribution in [3.63, 3.8) is 0 Å². The van der Waals surface area contributed by atoms with Crippen LogP contribution in [0.2, 0.25) is 0 Å². The Balaban J connectivity index is 1.37. The lowest BCUT2D eigenvalue weighted by molar-refractivity contribution is -0.157. The first kappa shape index (κ1) is 28.1. The first-order valence-corrected chi connectivity index (χ1v) is 15.5.